The fourth-order valence-corrected chi connectivity index (χ4v) is 3.03. The summed E-state index contributed by atoms with van der Waals surface area (Å²) in [6, 6.07) is 7.65. The highest BCUT2D eigenvalue weighted by Crippen LogP contribution is 2.29. The molecule has 0 aliphatic carbocycles. The Bertz CT molecular complexity index is 1100. The third kappa shape index (κ3) is 3.90. The van der Waals surface area contributed by atoms with Crippen molar-refractivity contribution in [3.63, 3.8) is 0 Å². The van der Waals surface area contributed by atoms with Crippen LogP contribution in [0.2, 0.25) is 0 Å². The molecule has 2 aromatic heterocycles. The summed E-state index contributed by atoms with van der Waals surface area (Å²) in [6.45, 7) is 1.78. The quantitative estimate of drug-likeness (QED) is 0.649. The Morgan fingerprint density at radius 1 is 1.37 bits per heavy atom. The molecule has 1 fully saturated rings. The normalized spacial score (nSPS) is 15.9. The maximum atomic E-state index is 14.8. The predicted octanol–water partition coefficient (Wildman–Crippen LogP) is 1.98. The van der Waals surface area contributed by atoms with E-state index in [1.165, 1.54) is 24.1 Å². The predicted molar refractivity (Wildman–Crippen MR) is 104 cm³/mol. The van der Waals surface area contributed by atoms with Crippen LogP contribution in [0.5, 0.6) is 0 Å². The number of rotatable bonds is 5. The highest BCUT2D eigenvalue weighted by Gasteiger charge is 2.32. The zero-order chi connectivity index (χ0) is 21.3. The SMILES string of the molecule is CC(=O)NC[C@H]1CN(c2ccc(-c3ccc(-c4noc(N)n4)nc3)c(F)c2)C(=O)O1. The third-order valence-corrected chi connectivity index (χ3v) is 4.46. The number of cyclic esters (lactones) is 1. The molecule has 154 valence electrons. The number of nitrogens with one attached hydrogen (secondary N) is 1. The molecule has 0 radical (unpaired) electrons. The first-order valence-electron chi connectivity index (χ1n) is 8.99. The van der Waals surface area contributed by atoms with Gasteiger partial charge in [0.15, 0.2) is 0 Å². The van der Waals surface area contributed by atoms with E-state index in [4.69, 9.17) is 15.0 Å². The Morgan fingerprint density at radius 3 is 2.83 bits per heavy atom. The van der Waals surface area contributed by atoms with Crippen molar-refractivity contribution >= 4 is 23.7 Å². The molecule has 1 aliphatic heterocycles. The number of carbonyl (C=O) groups excluding carboxylic acids is 2. The molecule has 2 amide bonds. The molecule has 0 spiro atoms. The largest absolute Gasteiger partial charge is 0.442 e. The van der Waals surface area contributed by atoms with E-state index >= 15 is 0 Å². The van der Waals surface area contributed by atoms with Gasteiger partial charge < -0.3 is 20.3 Å². The molecule has 0 saturated carbocycles. The van der Waals surface area contributed by atoms with E-state index in [2.05, 4.69) is 20.4 Å². The molecule has 1 aromatic carbocycles. The Labute approximate surface area is 169 Å². The van der Waals surface area contributed by atoms with Crippen LogP contribution < -0.4 is 16.0 Å². The van der Waals surface area contributed by atoms with Gasteiger partial charge in [0, 0.05) is 24.2 Å². The summed E-state index contributed by atoms with van der Waals surface area (Å²) in [4.78, 5) is 32.5. The van der Waals surface area contributed by atoms with Crippen LogP contribution >= 0.6 is 0 Å². The molecular formula is C19H17FN6O4. The second kappa shape index (κ2) is 7.78. The van der Waals surface area contributed by atoms with Crippen molar-refractivity contribution in [1.82, 2.24) is 20.4 Å². The van der Waals surface area contributed by atoms with E-state index in [1.54, 1.807) is 24.3 Å². The second-order valence-corrected chi connectivity index (χ2v) is 6.61. The van der Waals surface area contributed by atoms with E-state index in [0.717, 1.165) is 0 Å². The van der Waals surface area contributed by atoms with Gasteiger partial charge in [0.25, 0.3) is 0 Å². The second-order valence-electron chi connectivity index (χ2n) is 6.61. The monoisotopic (exact) mass is 412 g/mol. The minimum atomic E-state index is -0.595. The van der Waals surface area contributed by atoms with Crippen molar-refractivity contribution in [3.8, 4) is 22.6 Å². The van der Waals surface area contributed by atoms with Gasteiger partial charge in [-0.1, -0.05) is 11.2 Å². The number of aromatic nitrogens is 3. The van der Waals surface area contributed by atoms with Crippen molar-refractivity contribution in [2.45, 2.75) is 13.0 Å². The summed E-state index contributed by atoms with van der Waals surface area (Å²) in [7, 11) is 0. The molecule has 1 aliphatic rings. The summed E-state index contributed by atoms with van der Waals surface area (Å²) in [5.41, 5.74) is 7.04. The lowest BCUT2D eigenvalue weighted by Crippen LogP contribution is -2.33. The highest BCUT2D eigenvalue weighted by molar-refractivity contribution is 5.90. The molecule has 3 heterocycles. The number of carbonyl (C=O) groups is 2. The van der Waals surface area contributed by atoms with Gasteiger partial charge in [0.2, 0.25) is 11.7 Å². The fourth-order valence-electron chi connectivity index (χ4n) is 3.03. The van der Waals surface area contributed by atoms with Crippen LogP contribution in [-0.2, 0) is 9.53 Å². The van der Waals surface area contributed by atoms with E-state index in [0.29, 0.717) is 22.5 Å². The average molecular weight is 412 g/mol. The molecule has 4 rings (SSSR count). The molecule has 1 saturated heterocycles. The maximum absolute atomic E-state index is 14.8. The zero-order valence-electron chi connectivity index (χ0n) is 15.8. The minimum Gasteiger partial charge on any atom is -0.442 e. The first-order chi connectivity index (χ1) is 14.4. The highest BCUT2D eigenvalue weighted by atomic mass is 19.1. The minimum absolute atomic E-state index is 0.0720. The molecule has 3 N–H and O–H groups in total. The van der Waals surface area contributed by atoms with Crippen molar-refractivity contribution in [1.29, 1.82) is 0 Å². The summed E-state index contributed by atoms with van der Waals surface area (Å²) in [6.07, 6.45) is 0.385. The van der Waals surface area contributed by atoms with Crippen LogP contribution in [0.25, 0.3) is 22.6 Å². The molecule has 0 unspecified atom stereocenters. The summed E-state index contributed by atoms with van der Waals surface area (Å²) in [5, 5.41) is 6.27. The number of nitrogens with zero attached hydrogens (tertiary/aromatic N) is 4. The van der Waals surface area contributed by atoms with Gasteiger partial charge in [-0.05, 0) is 24.3 Å². The number of anilines is 2. The molecule has 0 bridgehead atoms. The molecule has 10 nitrogen and oxygen atoms in total. The smallest absolute Gasteiger partial charge is 0.414 e. The lowest BCUT2D eigenvalue weighted by Gasteiger charge is -2.14. The van der Waals surface area contributed by atoms with Gasteiger partial charge in [-0.2, -0.15) is 4.98 Å². The van der Waals surface area contributed by atoms with Gasteiger partial charge in [-0.25, -0.2) is 9.18 Å². The van der Waals surface area contributed by atoms with Crippen molar-refractivity contribution in [2.24, 2.45) is 0 Å². The van der Waals surface area contributed by atoms with Crippen molar-refractivity contribution in [3.05, 3.63) is 42.3 Å². The van der Waals surface area contributed by atoms with Crippen LogP contribution in [0.3, 0.4) is 0 Å². The first-order valence-corrected chi connectivity index (χ1v) is 8.99. The number of hydrogen-bond donors (Lipinski definition) is 2. The van der Waals surface area contributed by atoms with Crippen LogP contribution in [-0.4, -0.2) is 46.3 Å². The number of hydrogen-bond acceptors (Lipinski definition) is 8. The van der Waals surface area contributed by atoms with Crippen LogP contribution in [0.1, 0.15) is 6.92 Å². The van der Waals surface area contributed by atoms with Gasteiger partial charge >= 0.3 is 12.1 Å². The maximum Gasteiger partial charge on any atom is 0.414 e. The Balaban J connectivity index is 1.51. The fraction of sp³-hybridized carbons (Fsp3) is 0.211. The topological polar surface area (TPSA) is 136 Å². The van der Waals surface area contributed by atoms with Crippen LogP contribution in [0.4, 0.5) is 20.9 Å². The van der Waals surface area contributed by atoms with E-state index < -0.39 is 18.0 Å². The molecule has 1 atom stereocenters. The lowest BCUT2D eigenvalue weighted by molar-refractivity contribution is -0.119. The van der Waals surface area contributed by atoms with Crippen LogP contribution in [0, 0.1) is 5.82 Å². The van der Waals surface area contributed by atoms with Crippen LogP contribution in [0.15, 0.2) is 41.1 Å². The number of nitrogen functional groups attached to an aromatic ring is 1. The van der Waals surface area contributed by atoms with Gasteiger partial charge in [0.1, 0.15) is 17.6 Å². The Kier molecular flexibility index (Phi) is 5.00. The molecule has 30 heavy (non-hydrogen) atoms. The van der Waals surface area contributed by atoms with E-state index in [9.17, 15) is 14.0 Å². The lowest BCUT2D eigenvalue weighted by atomic mass is 10.1. The van der Waals surface area contributed by atoms with Gasteiger partial charge in [0.05, 0.1) is 18.8 Å². The summed E-state index contributed by atoms with van der Waals surface area (Å²) < 4.78 is 24.7. The first kappa shape index (κ1) is 19.3. The van der Waals surface area contributed by atoms with E-state index in [1.807, 2.05) is 0 Å². The summed E-state index contributed by atoms with van der Waals surface area (Å²) in [5.74, 6) is -0.512. The standard InChI is InChI=1S/C19H17FN6O4/c1-10(27)22-8-13-9-26(19(28)29-13)12-3-4-14(15(20)6-12)11-2-5-16(23-7-11)17-24-18(21)30-25-17/h2-7,13H,8-9H2,1H3,(H,22,27)(H2,21,24,25)/t13-/m0/s1. The van der Waals surface area contributed by atoms with Gasteiger partial charge in [-0.15, -0.1) is 0 Å². The van der Waals surface area contributed by atoms with E-state index in [-0.39, 0.29) is 30.8 Å². The number of nitrogens with two attached hydrogens (primary N) is 1. The third-order valence-electron chi connectivity index (χ3n) is 4.46. The average Bonchev–Trinajstić information content (AvgIpc) is 3.32. The molecule has 3 aromatic rings. The number of benzene rings is 1. The Hall–Kier alpha value is -4.02. The Morgan fingerprint density at radius 2 is 2.20 bits per heavy atom. The van der Waals surface area contributed by atoms with Crippen molar-refractivity contribution < 1.29 is 23.2 Å². The van der Waals surface area contributed by atoms with Crippen molar-refractivity contribution in [2.75, 3.05) is 23.7 Å². The zero-order valence-corrected chi connectivity index (χ0v) is 15.8. The summed E-state index contributed by atoms with van der Waals surface area (Å²) >= 11 is 0. The number of amides is 2. The molecular weight excluding hydrogens is 395 g/mol. The number of ether oxygens (including phenoxy) is 1. The van der Waals surface area contributed by atoms with Gasteiger partial charge in [-0.3, -0.25) is 14.7 Å². The number of pyridine rings is 1. The molecule has 11 heteroatoms. The number of halogens is 1.